The van der Waals surface area contributed by atoms with Crippen LogP contribution in [-0.4, -0.2) is 32.2 Å². The molecule has 1 atom stereocenters. The highest BCUT2D eigenvalue weighted by atomic mass is 16.5. The molecule has 8 heteroatoms. The van der Waals surface area contributed by atoms with Gasteiger partial charge >= 0.3 is 0 Å². The molecule has 28 heavy (non-hydrogen) atoms. The molecule has 1 unspecified atom stereocenters. The van der Waals surface area contributed by atoms with Crippen molar-refractivity contribution in [3.8, 4) is 17.3 Å². The normalized spacial score (nSPS) is 20.1. The summed E-state index contributed by atoms with van der Waals surface area (Å²) in [4.78, 5) is 4.62. The lowest BCUT2D eigenvalue weighted by molar-refractivity contribution is -0.00114. The van der Waals surface area contributed by atoms with Crippen LogP contribution in [0, 0.1) is 0 Å². The molecule has 1 saturated carbocycles. The van der Waals surface area contributed by atoms with Gasteiger partial charge in [0.05, 0.1) is 26.0 Å². The SMILES string of the molecule is COc1ccc(C2Cn3nnc(-c4noc(C5CCCCC5)n4)c3CO2)cc1. The largest absolute Gasteiger partial charge is 0.497 e. The van der Waals surface area contributed by atoms with E-state index < -0.39 is 0 Å². The van der Waals surface area contributed by atoms with Crippen LogP contribution in [0.3, 0.4) is 0 Å². The standard InChI is InChI=1S/C20H23N5O3/c1-26-15-9-7-13(8-10-15)17-11-25-16(12-27-17)18(22-24-25)19-21-20(28-23-19)14-5-3-2-4-6-14/h7-10,14,17H,2-6,11-12H2,1H3. The lowest BCUT2D eigenvalue weighted by Crippen LogP contribution is -2.22. The molecule has 1 aliphatic heterocycles. The van der Waals surface area contributed by atoms with Gasteiger partial charge in [0.15, 0.2) is 5.69 Å². The van der Waals surface area contributed by atoms with Crippen LogP contribution >= 0.6 is 0 Å². The van der Waals surface area contributed by atoms with Crippen LogP contribution in [0.2, 0.25) is 0 Å². The first kappa shape index (κ1) is 17.4. The van der Waals surface area contributed by atoms with E-state index in [1.54, 1.807) is 7.11 Å². The van der Waals surface area contributed by atoms with E-state index >= 15 is 0 Å². The molecular weight excluding hydrogens is 358 g/mol. The minimum absolute atomic E-state index is 0.0731. The molecule has 2 aliphatic rings. The number of fused-ring (bicyclic) bond motifs is 1. The molecule has 1 aromatic carbocycles. The van der Waals surface area contributed by atoms with Crippen molar-refractivity contribution in [1.29, 1.82) is 0 Å². The van der Waals surface area contributed by atoms with Crippen molar-refractivity contribution < 1.29 is 14.0 Å². The Kier molecular flexibility index (Phi) is 4.56. The number of hydrogen-bond acceptors (Lipinski definition) is 7. The molecule has 146 valence electrons. The zero-order valence-electron chi connectivity index (χ0n) is 15.9. The van der Waals surface area contributed by atoms with Gasteiger partial charge in [-0.3, -0.25) is 0 Å². The maximum absolute atomic E-state index is 6.08. The van der Waals surface area contributed by atoms with E-state index in [4.69, 9.17) is 14.0 Å². The van der Waals surface area contributed by atoms with E-state index in [0.717, 1.165) is 35.7 Å². The van der Waals surface area contributed by atoms with Gasteiger partial charge in [-0.2, -0.15) is 4.98 Å². The fraction of sp³-hybridized carbons (Fsp3) is 0.500. The van der Waals surface area contributed by atoms with Gasteiger partial charge in [0.25, 0.3) is 0 Å². The van der Waals surface area contributed by atoms with Crippen LogP contribution in [0.1, 0.15) is 61.3 Å². The van der Waals surface area contributed by atoms with Crippen molar-refractivity contribution in [2.45, 2.75) is 57.3 Å². The van der Waals surface area contributed by atoms with Crippen molar-refractivity contribution in [2.24, 2.45) is 0 Å². The van der Waals surface area contributed by atoms with Crippen LogP contribution in [0.4, 0.5) is 0 Å². The average molecular weight is 381 g/mol. The van der Waals surface area contributed by atoms with Gasteiger partial charge in [-0.25, -0.2) is 4.68 Å². The summed E-state index contributed by atoms with van der Waals surface area (Å²) < 4.78 is 18.7. The molecule has 0 radical (unpaired) electrons. The van der Waals surface area contributed by atoms with Crippen molar-refractivity contribution in [1.82, 2.24) is 25.1 Å². The van der Waals surface area contributed by atoms with E-state index in [2.05, 4.69) is 20.5 Å². The monoisotopic (exact) mass is 381 g/mol. The molecule has 2 aromatic heterocycles. The fourth-order valence-electron chi connectivity index (χ4n) is 4.05. The van der Waals surface area contributed by atoms with E-state index in [0.29, 0.717) is 30.6 Å². The van der Waals surface area contributed by atoms with Crippen molar-refractivity contribution in [3.63, 3.8) is 0 Å². The third-order valence-corrected chi connectivity index (χ3v) is 5.69. The van der Waals surface area contributed by atoms with E-state index in [-0.39, 0.29) is 6.10 Å². The Morgan fingerprint density at radius 1 is 1.11 bits per heavy atom. The molecule has 8 nitrogen and oxygen atoms in total. The molecule has 5 rings (SSSR count). The molecule has 0 N–H and O–H groups in total. The Hall–Kier alpha value is -2.74. The summed E-state index contributed by atoms with van der Waals surface area (Å²) in [6, 6.07) is 7.91. The fourth-order valence-corrected chi connectivity index (χ4v) is 4.05. The van der Waals surface area contributed by atoms with Gasteiger partial charge in [-0.15, -0.1) is 5.10 Å². The highest BCUT2D eigenvalue weighted by molar-refractivity contribution is 5.51. The quantitative estimate of drug-likeness (QED) is 0.681. The van der Waals surface area contributed by atoms with Gasteiger partial charge in [-0.05, 0) is 30.5 Å². The zero-order valence-corrected chi connectivity index (χ0v) is 15.9. The second-order valence-corrected chi connectivity index (χ2v) is 7.43. The lowest BCUT2D eigenvalue weighted by Gasteiger charge is -2.24. The summed E-state index contributed by atoms with van der Waals surface area (Å²) in [7, 11) is 1.66. The Morgan fingerprint density at radius 2 is 1.93 bits per heavy atom. The van der Waals surface area contributed by atoms with Gasteiger partial charge in [0.2, 0.25) is 11.7 Å². The number of benzene rings is 1. The van der Waals surface area contributed by atoms with Crippen molar-refractivity contribution >= 4 is 0 Å². The van der Waals surface area contributed by atoms with E-state index in [1.807, 2.05) is 28.9 Å². The number of aromatic nitrogens is 5. The van der Waals surface area contributed by atoms with Gasteiger partial charge < -0.3 is 14.0 Å². The highest BCUT2D eigenvalue weighted by Crippen LogP contribution is 2.34. The number of rotatable bonds is 4. The average Bonchev–Trinajstić information content (AvgIpc) is 3.41. The maximum Gasteiger partial charge on any atom is 0.230 e. The maximum atomic E-state index is 6.08. The summed E-state index contributed by atoms with van der Waals surface area (Å²) in [5.41, 5.74) is 2.63. The second kappa shape index (κ2) is 7.35. The zero-order chi connectivity index (χ0) is 18.9. The topological polar surface area (TPSA) is 88.1 Å². The number of ether oxygens (including phenoxy) is 2. The molecule has 1 fully saturated rings. The van der Waals surface area contributed by atoms with Crippen molar-refractivity contribution in [3.05, 3.63) is 41.4 Å². The Labute approximate surface area is 162 Å². The predicted molar refractivity (Wildman–Crippen MR) is 99.7 cm³/mol. The van der Waals surface area contributed by atoms with E-state index in [1.165, 1.54) is 19.3 Å². The van der Waals surface area contributed by atoms with Crippen LogP contribution in [0.15, 0.2) is 28.8 Å². The van der Waals surface area contributed by atoms with Crippen LogP contribution < -0.4 is 4.74 Å². The summed E-state index contributed by atoms with van der Waals surface area (Å²) >= 11 is 0. The molecule has 0 spiro atoms. The molecular formula is C20H23N5O3. The first-order valence-electron chi connectivity index (χ1n) is 9.83. The molecule has 1 aliphatic carbocycles. The summed E-state index contributed by atoms with van der Waals surface area (Å²) in [5, 5.41) is 12.8. The molecule has 0 saturated heterocycles. The second-order valence-electron chi connectivity index (χ2n) is 7.43. The minimum atomic E-state index is -0.0731. The molecule has 3 heterocycles. The molecule has 0 amide bonds. The summed E-state index contributed by atoms with van der Waals surface area (Å²) in [6.45, 7) is 1.01. The minimum Gasteiger partial charge on any atom is -0.497 e. The van der Waals surface area contributed by atoms with Gasteiger partial charge in [0.1, 0.15) is 11.9 Å². The number of methoxy groups -OCH3 is 1. The van der Waals surface area contributed by atoms with Crippen LogP contribution in [-0.2, 0) is 17.9 Å². The Balaban J connectivity index is 1.35. The third-order valence-electron chi connectivity index (χ3n) is 5.69. The van der Waals surface area contributed by atoms with E-state index in [9.17, 15) is 0 Å². The molecule has 0 bridgehead atoms. The third kappa shape index (κ3) is 3.17. The Morgan fingerprint density at radius 3 is 2.71 bits per heavy atom. The summed E-state index contributed by atoms with van der Waals surface area (Å²) in [5.74, 6) is 2.43. The van der Waals surface area contributed by atoms with Crippen LogP contribution in [0.25, 0.3) is 11.5 Å². The van der Waals surface area contributed by atoms with Crippen LogP contribution in [0.5, 0.6) is 5.75 Å². The lowest BCUT2D eigenvalue weighted by atomic mass is 9.89. The Bertz CT molecular complexity index is 943. The first-order valence-corrected chi connectivity index (χ1v) is 9.83. The van der Waals surface area contributed by atoms with Crippen molar-refractivity contribution in [2.75, 3.05) is 7.11 Å². The van der Waals surface area contributed by atoms with Gasteiger partial charge in [0, 0.05) is 5.92 Å². The predicted octanol–water partition coefficient (Wildman–Crippen LogP) is 3.66. The first-order chi connectivity index (χ1) is 13.8. The smallest absolute Gasteiger partial charge is 0.230 e. The number of hydrogen-bond donors (Lipinski definition) is 0. The van der Waals surface area contributed by atoms with Gasteiger partial charge in [-0.1, -0.05) is 41.8 Å². The highest BCUT2D eigenvalue weighted by Gasteiger charge is 2.29. The molecule has 3 aromatic rings. The number of nitrogens with zero attached hydrogens (tertiary/aromatic N) is 5. The summed E-state index contributed by atoms with van der Waals surface area (Å²) in [6.07, 6.45) is 5.91.